The molecule has 0 saturated heterocycles. The summed E-state index contributed by atoms with van der Waals surface area (Å²) in [7, 11) is 0. The number of hydrogen-bond acceptors (Lipinski definition) is 6. The minimum absolute atomic E-state index is 0.208. The zero-order valence-corrected chi connectivity index (χ0v) is 16.3. The molecule has 26 heavy (non-hydrogen) atoms. The predicted octanol–water partition coefficient (Wildman–Crippen LogP) is 3.05. The number of halogens is 1. The molecule has 7 nitrogen and oxygen atoms in total. The summed E-state index contributed by atoms with van der Waals surface area (Å²) in [5.41, 5.74) is 1.71. The quantitative estimate of drug-likeness (QED) is 0.502. The standard InChI is InChI=1S/C17H18BrN5O2S/c18-23-9-14(21-12-23)11-26-7-6-19-17-20-8-15(16(24)22-17)25-10-13-4-2-1-3-5-13/h1-5,8-9,12H,6-7,10-11H2,(H2,19,20,22,24). The molecule has 0 saturated carbocycles. The molecule has 2 aromatic heterocycles. The first kappa shape index (κ1) is 18.5. The fourth-order valence-electron chi connectivity index (χ4n) is 2.14. The molecule has 0 spiro atoms. The molecule has 0 fully saturated rings. The van der Waals surface area contributed by atoms with Gasteiger partial charge in [-0.2, -0.15) is 11.8 Å². The molecular weight excluding hydrogens is 418 g/mol. The maximum atomic E-state index is 12.1. The lowest BCUT2D eigenvalue weighted by molar-refractivity contribution is 0.300. The van der Waals surface area contributed by atoms with Gasteiger partial charge in [-0.05, 0) is 5.56 Å². The first-order valence-corrected chi connectivity index (χ1v) is 9.84. The number of H-pyrrole nitrogens is 1. The number of nitrogens with one attached hydrogen (secondary N) is 2. The van der Waals surface area contributed by atoms with E-state index in [9.17, 15) is 4.79 Å². The van der Waals surface area contributed by atoms with Gasteiger partial charge in [0.25, 0.3) is 5.56 Å². The van der Waals surface area contributed by atoms with E-state index in [0.717, 1.165) is 22.8 Å². The third-order valence-electron chi connectivity index (χ3n) is 3.40. The van der Waals surface area contributed by atoms with Gasteiger partial charge in [0.2, 0.25) is 11.7 Å². The number of imidazole rings is 1. The van der Waals surface area contributed by atoms with E-state index in [4.69, 9.17) is 4.74 Å². The van der Waals surface area contributed by atoms with Crippen LogP contribution in [0.2, 0.25) is 0 Å². The van der Waals surface area contributed by atoms with Crippen molar-refractivity contribution < 1.29 is 4.74 Å². The highest BCUT2D eigenvalue weighted by Crippen LogP contribution is 2.11. The Morgan fingerprint density at radius 1 is 1.27 bits per heavy atom. The monoisotopic (exact) mass is 435 g/mol. The van der Waals surface area contributed by atoms with Crippen molar-refractivity contribution in [3.63, 3.8) is 0 Å². The van der Waals surface area contributed by atoms with Crippen LogP contribution in [-0.4, -0.2) is 30.8 Å². The molecule has 2 heterocycles. The van der Waals surface area contributed by atoms with Crippen LogP contribution < -0.4 is 15.6 Å². The Morgan fingerprint density at radius 2 is 2.12 bits per heavy atom. The molecule has 3 rings (SSSR count). The molecule has 0 amide bonds. The second-order valence-electron chi connectivity index (χ2n) is 5.39. The van der Waals surface area contributed by atoms with E-state index in [-0.39, 0.29) is 11.3 Å². The van der Waals surface area contributed by atoms with Gasteiger partial charge in [-0.1, -0.05) is 30.3 Å². The largest absolute Gasteiger partial charge is 0.482 e. The molecule has 0 radical (unpaired) electrons. The maximum absolute atomic E-state index is 12.1. The van der Waals surface area contributed by atoms with Crippen molar-refractivity contribution in [1.29, 1.82) is 0 Å². The van der Waals surface area contributed by atoms with Gasteiger partial charge < -0.3 is 10.1 Å². The lowest BCUT2D eigenvalue weighted by atomic mass is 10.2. The molecule has 0 aliphatic rings. The number of ether oxygens (including phenoxy) is 1. The summed E-state index contributed by atoms with van der Waals surface area (Å²) in [6.07, 6.45) is 5.08. The van der Waals surface area contributed by atoms with Crippen molar-refractivity contribution in [3.05, 3.63) is 70.7 Å². The second-order valence-corrected chi connectivity index (χ2v) is 7.31. The van der Waals surface area contributed by atoms with Crippen LogP contribution in [-0.2, 0) is 12.4 Å². The maximum Gasteiger partial charge on any atom is 0.294 e. The number of benzene rings is 1. The van der Waals surface area contributed by atoms with E-state index >= 15 is 0 Å². The highest BCUT2D eigenvalue weighted by atomic mass is 79.9. The summed E-state index contributed by atoms with van der Waals surface area (Å²) in [4.78, 5) is 23.2. The highest BCUT2D eigenvalue weighted by molar-refractivity contribution is 9.08. The van der Waals surface area contributed by atoms with E-state index < -0.39 is 0 Å². The van der Waals surface area contributed by atoms with Crippen LogP contribution in [0.25, 0.3) is 0 Å². The molecule has 0 unspecified atom stereocenters. The van der Waals surface area contributed by atoms with E-state index in [1.165, 1.54) is 6.20 Å². The fourth-order valence-corrected chi connectivity index (χ4v) is 3.22. The number of anilines is 1. The average Bonchev–Trinajstić information content (AvgIpc) is 3.07. The summed E-state index contributed by atoms with van der Waals surface area (Å²) in [5.74, 6) is 2.34. The Kier molecular flexibility index (Phi) is 6.73. The topological polar surface area (TPSA) is 84.8 Å². The van der Waals surface area contributed by atoms with E-state index in [1.54, 1.807) is 21.7 Å². The van der Waals surface area contributed by atoms with Crippen LogP contribution in [0, 0.1) is 0 Å². The molecule has 0 aliphatic heterocycles. The molecule has 0 bridgehead atoms. The van der Waals surface area contributed by atoms with Crippen molar-refractivity contribution in [2.75, 3.05) is 17.6 Å². The Bertz CT molecular complexity index is 884. The molecule has 0 atom stereocenters. The zero-order valence-electron chi connectivity index (χ0n) is 13.9. The van der Waals surface area contributed by atoms with Gasteiger partial charge in [0.05, 0.1) is 28.0 Å². The average molecular weight is 436 g/mol. The molecule has 3 aromatic rings. The second kappa shape index (κ2) is 9.44. The van der Waals surface area contributed by atoms with Crippen LogP contribution in [0.4, 0.5) is 5.95 Å². The molecular formula is C17H18BrN5O2S. The van der Waals surface area contributed by atoms with Gasteiger partial charge in [-0.15, -0.1) is 0 Å². The number of rotatable bonds is 9. The highest BCUT2D eigenvalue weighted by Gasteiger charge is 2.04. The normalized spacial score (nSPS) is 10.7. The number of aromatic nitrogens is 4. The van der Waals surface area contributed by atoms with E-state index in [0.29, 0.717) is 19.1 Å². The predicted molar refractivity (Wildman–Crippen MR) is 107 cm³/mol. The molecule has 0 aliphatic carbocycles. The van der Waals surface area contributed by atoms with Crippen molar-refractivity contribution >= 4 is 33.9 Å². The Labute approximate surface area is 163 Å². The number of thioether (sulfide) groups is 1. The van der Waals surface area contributed by atoms with Gasteiger partial charge in [-0.25, -0.2) is 9.97 Å². The van der Waals surface area contributed by atoms with Crippen LogP contribution in [0.5, 0.6) is 5.75 Å². The summed E-state index contributed by atoms with van der Waals surface area (Å²) >= 11 is 5.05. The lowest BCUT2D eigenvalue weighted by Gasteiger charge is -2.07. The summed E-state index contributed by atoms with van der Waals surface area (Å²) < 4.78 is 7.27. The van der Waals surface area contributed by atoms with Gasteiger partial charge in [0.15, 0.2) is 0 Å². The SMILES string of the molecule is O=c1[nH]c(NCCSCc2cn(Br)cn2)ncc1OCc1ccccc1. The lowest BCUT2D eigenvalue weighted by Crippen LogP contribution is -2.16. The van der Waals surface area contributed by atoms with Crippen LogP contribution in [0.3, 0.4) is 0 Å². The van der Waals surface area contributed by atoms with E-state index in [2.05, 4.69) is 36.4 Å². The molecule has 9 heteroatoms. The van der Waals surface area contributed by atoms with Crippen LogP contribution >= 0.6 is 27.9 Å². The first-order valence-electron chi connectivity index (χ1n) is 7.97. The smallest absolute Gasteiger partial charge is 0.294 e. The fraction of sp³-hybridized carbons (Fsp3) is 0.235. The Hall–Kier alpha value is -2.26. The molecule has 2 N–H and O–H groups in total. The minimum Gasteiger partial charge on any atom is -0.482 e. The molecule has 1 aromatic carbocycles. The summed E-state index contributed by atoms with van der Waals surface area (Å²) in [5, 5.41) is 3.10. The first-order chi connectivity index (χ1) is 12.7. The third-order valence-corrected chi connectivity index (χ3v) is 4.78. The Morgan fingerprint density at radius 3 is 2.85 bits per heavy atom. The zero-order chi connectivity index (χ0) is 18.2. The van der Waals surface area contributed by atoms with Crippen molar-refractivity contribution in [2.45, 2.75) is 12.4 Å². The van der Waals surface area contributed by atoms with Gasteiger partial charge in [-0.3, -0.25) is 13.4 Å². The van der Waals surface area contributed by atoms with Gasteiger partial charge >= 0.3 is 0 Å². The number of aromatic amines is 1. The Balaban J connectivity index is 1.41. The summed E-state index contributed by atoms with van der Waals surface area (Å²) in [6, 6.07) is 9.68. The van der Waals surface area contributed by atoms with Gasteiger partial charge in [0, 0.05) is 24.2 Å². The van der Waals surface area contributed by atoms with Gasteiger partial charge in [0.1, 0.15) is 12.9 Å². The van der Waals surface area contributed by atoms with Crippen molar-refractivity contribution in [3.8, 4) is 5.75 Å². The minimum atomic E-state index is -0.297. The van der Waals surface area contributed by atoms with Crippen LogP contribution in [0.15, 0.2) is 53.8 Å². The van der Waals surface area contributed by atoms with Crippen molar-refractivity contribution in [1.82, 2.24) is 18.5 Å². The molecule has 136 valence electrons. The third kappa shape index (κ3) is 5.63. The van der Waals surface area contributed by atoms with Crippen molar-refractivity contribution in [2.24, 2.45) is 0 Å². The summed E-state index contributed by atoms with van der Waals surface area (Å²) in [6.45, 7) is 1.02. The van der Waals surface area contributed by atoms with Crippen LogP contribution in [0.1, 0.15) is 11.3 Å². The number of hydrogen-bond donors (Lipinski definition) is 2. The number of nitrogens with zero attached hydrogens (tertiary/aromatic N) is 3. The van der Waals surface area contributed by atoms with E-state index in [1.807, 2.05) is 36.5 Å².